The van der Waals surface area contributed by atoms with Crippen LogP contribution in [0.5, 0.6) is 0 Å². The molecule has 0 radical (unpaired) electrons. The monoisotopic (exact) mass is 312 g/mol. The Morgan fingerprint density at radius 3 is 3.00 bits per heavy atom. The van der Waals surface area contributed by atoms with Crippen LogP contribution in [0.1, 0.15) is 23.0 Å². The van der Waals surface area contributed by atoms with Crippen LogP contribution >= 0.6 is 22.9 Å². The lowest BCUT2D eigenvalue weighted by atomic mass is 10.1. The Labute approximate surface area is 126 Å². The van der Waals surface area contributed by atoms with Crippen LogP contribution in [-0.4, -0.2) is 24.2 Å². The maximum absolute atomic E-state index is 12.2. The van der Waals surface area contributed by atoms with Gasteiger partial charge in [-0.15, -0.1) is 11.3 Å². The second-order valence-corrected chi connectivity index (χ2v) is 6.30. The number of thiophene rings is 1. The summed E-state index contributed by atoms with van der Waals surface area (Å²) in [6.07, 6.45) is 0.664. The van der Waals surface area contributed by atoms with Crippen molar-refractivity contribution >= 4 is 44.6 Å². The Morgan fingerprint density at radius 1 is 1.55 bits per heavy atom. The third kappa shape index (κ3) is 3.23. The molecule has 6 heteroatoms. The van der Waals surface area contributed by atoms with Crippen LogP contribution in [0.2, 0.25) is 5.02 Å². The number of hydrogen-bond donors (Lipinski definition) is 3. The van der Waals surface area contributed by atoms with Crippen LogP contribution in [0, 0.1) is 5.92 Å². The highest BCUT2D eigenvalue weighted by atomic mass is 35.5. The van der Waals surface area contributed by atoms with Crippen LogP contribution < -0.4 is 11.1 Å². The second-order valence-electron chi connectivity index (χ2n) is 4.81. The number of nitrogens with one attached hydrogen (secondary N) is 1. The van der Waals surface area contributed by atoms with Crippen LogP contribution in [-0.2, 0) is 0 Å². The number of aliphatic hydroxyl groups excluding tert-OH is 1. The summed E-state index contributed by atoms with van der Waals surface area (Å²) in [5, 5.41) is 13.1. The lowest BCUT2D eigenvalue weighted by molar-refractivity contribution is 0.0950. The Hall–Kier alpha value is -1.30. The van der Waals surface area contributed by atoms with E-state index in [1.165, 1.54) is 11.3 Å². The summed E-state index contributed by atoms with van der Waals surface area (Å²) >= 11 is 7.30. The van der Waals surface area contributed by atoms with Gasteiger partial charge in [-0.05, 0) is 30.5 Å². The lowest BCUT2D eigenvalue weighted by Crippen LogP contribution is -2.28. The van der Waals surface area contributed by atoms with Crippen LogP contribution in [0.25, 0.3) is 10.1 Å². The summed E-state index contributed by atoms with van der Waals surface area (Å²) in [5.41, 5.74) is 6.50. The van der Waals surface area contributed by atoms with E-state index >= 15 is 0 Å². The molecule has 0 fully saturated rings. The molecule has 1 aromatic carbocycles. The molecule has 2 aromatic rings. The number of halogens is 1. The standard InChI is InChI=1S/C14H17ClN2O2S/c1-8(4-5-18)7-17-14(19)13-12(16)10-6-9(15)2-3-11(10)20-13/h2-3,6,8,18H,4-5,7,16H2,1H3,(H,17,19). The molecule has 4 nitrogen and oxygen atoms in total. The van der Waals surface area contributed by atoms with E-state index in [9.17, 15) is 4.79 Å². The predicted octanol–water partition coefficient (Wildman–Crippen LogP) is 2.89. The van der Waals surface area contributed by atoms with Crippen molar-refractivity contribution in [2.75, 3.05) is 18.9 Å². The Kier molecular flexibility index (Phi) is 4.86. The van der Waals surface area contributed by atoms with Gasteiger partial charge in [-0.25, -0.2) is 0 Å². The number of anilines is 1. The lowest BCUT2D eigenvalue weighted by Gasteiger charge is -2.10. The molecular weight excluding hydrogens is 296 g/mol. The van der Waals surface area contributed by atoms with Gasteiger partial charge in [0.15, 0.2) is 0 Å². The zero-order valence-electron chi connectivity index (χ0n) is 11.1. The molecule has 0 saturated heterocycles. The fourth-order valence-corrected chi connectivity index (χ4v) is 3.12. The molecule has 0 aliphatic rings. The third-order valence-corrected chi connectivity index (χ3v) is 4.55. The van der Waals surface area contributed by atoms with Gasteiger partial charge in [0.2, 0.25) is 0 Å². The Morgan fingerprint density at radius 2 is 2.30 bits per heavy atom. The first kappa shape index (κ1) is 15.1. The van der Waals surface area contributed by atoms with Gasteiger partial charge < -0.3 is 16.2 Å². The van der Waals surface area contributed by atoms with Crippen molar-refractivity contribution in [3.8, 4) is 0 Å². The molecule has 0 bridgehead atoms. The van der Waals surface area contributed by atoms with E-state index in [2.05, 4.69) is 5.32 Å². The fraction of sp³-hybridized carbons (Fsp3) is 0.357. The van der Waals surface area contributed by atoms with Crippen LogP contribution in [0.15, 0.2) is 18.2 Å². The minimum Gasteiger partial charge on any atom is -0.397 e. The van der Waals surface area contributed by atoms with E-state index in [1.807, 2.05) is 13.0 Å². The molecule has 0 spiro atoms. The highest BCUT2D eigenvalue weighted by Crippen LogP contribution is 2.35. The number of rotatable bonds is 5. The number of nitrogen functional groups attached to an aromatic ring is 1. The second kappa shape index (κ2) is 6.43. The highest BCUT2D eigenvalue weighted by molar-refractivity contribution is 7.21. The minimum absolute atomic E-state index is 0.126. The summed E-state index contributed by atoms with van der Waals surface area (Å²) in [6.45, 7) is 2.62. The fourth-order valence-electron chi connectivity index (χ4n) is 1.93. The summed E-state index contributed by atoms with van der Waals surface area (Å²) in [7, 11) is 0. The molecule has 0 aliphatic carbocycles. The quantitative estimate of drug-likeness (QED) is 0.794. The van der Waals surface area contributed by atoms with E-state index in [1.54, 1.807) is 12.1 Å². The molecule has 1 aromatic heterocycles. The summed E-state index contributed by atoms with van der Waals surface area (Å²) in [6, 6.07) is 5.42. The van der Waals surface area contributed by atoms with Crippen molar-refractivity contribution in [2.24, 2.45) is 5.92 Å². The molecular formula is C14H17ClN2O2S. The largest absolute Gasteiger partial charge is 0.397 e. The Bertz CT molecular complexity index is 627. The number of fused-ring (bicyclic) bond motifs is 1. The first-order chi connectivity index (χ1) is 9.52. The van der Waals surface area contributed by atoms with Crippen molar-refractivity contribution in [2.45, 2.75) is 13.3 Å². The molecule has 1 unspecified atom stereocenters. The van der Waals surface area contributed by atoms with E-state index in [-0.39, 0.29) is 18.4 Å². The molecule has 0 aliphatic heterocycles. The Balaban J connectivity index is 2.16. The molecule has 1 amide bonds. The van der Waals surface area contributed by atoms with E-state index in [0.717, 1.165) is 10.1 Å². The normalized spacial score (nSPS) is 12.6. The van der Waals surface area contributed by atoms with Crippen LogP contribution in [0.4, 0.5) is 5.69 Å². The van der Waals surface area contributed by atoms with Crippen molar-refractivity contribution in [3.63, 3.8) is 0 Å². The smallest absolute Gasteiger partial charge is 0.263 e. The van der Waals surface area contributed by atoms with Gasteiger partial charge in [0.25, 0.3) is 5.91 Å². The van der Waals surface area contributed by atoms with E-state index < -0.39 is 0 Å². The molecule has 1 heterocycles. The molecule has 20 heavy (non-hydrogen) atoms. The number of amides is 1. The highest BCUT2D eigenvalue weighted by Gasteiger charge is 2.16. The van der Waals surface area contributed by atoms with Gasteiger partial charge in [0, 0.05) is 28.3 Å². The van der Waals surface area contributed by atoms with E-state index in [0.29, 0.717) is 28.6 Å². The maximum atomic E-state index is 12.2. The number of hydrogen-bond acceptors (Lipinski definition) is 4. The zero-order valence-corrected chi connectivity index (χ0v) is 12.7. The summed E-state index contributed by atoms with van der Waals surface area (Å²) in [5.74, 6) is 0.0543. The number of carbonyl (C=O) groups excluding carboxylic acids is 1. The number of benzene rings is 1. The summed E-state index contributed by atoms with van der Waals surface area (Å²) < 4.78 is 0.945. The van der Waals surface area contributed by atoms with Crippen LogP contribution in [0.3, 0.4) is 0 Å². The zero-order chi connectivity index (χ0) is 14.7. The average molecular weight is 313 g/mol. The van der Waals surface area contributed by atoms with Gasteiger partial charge in [0.1, 0.15) is 4.88 Å². The van der Waals surface area contributed by atoms with Crippen molar-refractivity contribution in [1.82, 2.24) is 5.32 Å². The number of aliphatic hydroxyl groups is 1. The minimum atomic E-state index is -0.176. The molecule has 4 N–H and O–H groups in total. The van der Waals surface area contributed by atoms with Gasteiger partial charge in [-0.1, -0.05) is 18.5 Å². The maximum Gasteiger partial charge on any atom is 0.263 e. The first-order valence-corrected chi connectivity index (χ1v) is 7.59. The summed E-state index contributed by atoms with van der Waals surface area (Å²) in [4.78, 5) is 12.7. The average Bonchev–Trinajstić information content (AvgIpc) is 2.74. The molecule has 1 atom stereocenters. The molecule has 108 valence electrons. The molecule has 0 saturated carbocycles. The van der Waals surface area contributed by atoms with Gasteiger partial charge in [0.05, 0.1) is 5.69 Å². The topological polar surface area (TPSA) is 75.3 Å². The van der Waals surface area contributed by atoms with Crippen molar-refractivity contribution in [3.05, 3.63) is 28.1 Å². The predicted molar refractivity (Wildman–Crippen MR) is 84.4 cm³/mol. The molecule has 2 rings (SSSR count). The SMILES string of the molecule is CC(CCO)CNC(=O)c1sc2ccc(Cl)cc2c1N. The van der Waals surface area contributed by atoms with Crippen molar-refractivity contribution in [1.29, 1.82) is 0 Å². The van der Waals surface area contributed by atoms with E-state index in [4.69, 9.17) is 22.4 Å². The van der Waals surface area contributed by atoms with Gasteiger partial charge in [-0.2, -0.15) is 0 Å². The number of carbonyl (C=O) groups is 1. The third-order valence-electron chi connectivity index (χ3n) is 3.13. The number of nitrogens with two attached hydrogens (primary N) is 1. The van der Waals surface area contributed by atoms with Crippen molar-refractivity contribution < 1.29 is 9.90 Å². The van der Waals surface area contributed by atoms with Gasteiger partial charge >= 0.3 is 0 Å². The first-order valence-electron chi connectivity index (χ1n) is 6.39. The van der Waals surface area contributed by atoms with Gasteiger partial charge in [-0.3, -0.25) is 4.79 Å².